The number of nitrogens with zero attached hydrogens (tertiary/aromatic N) is 2. The molecule has 2 heterocycles. The van der Waals surface area contributed by atoms with E-state index in [2.05, 4.69) is 9.62 Å². The lowest BCUT2D eigenvalue weighted by atomic mass is 10.0. The molecule has 0 radical (unpaired) electrons. The lowest BCUT2D eigenvalue weighted by Gasteiger charge is -2.34. The lowest BCUT2D eigenvalue weighted by molar-refractivity contribution is 0.159. The molecule has 0 aromatic rings. The minimum Gasteiger partial charge on any atom is -0.328 e. The number of piperidine rings is 1. The SMILES string of the molecule is CCNS(=O)(=O)N1CCC(N2CCC(N)CC2)C1. The molecular formula is C11H24N4O2S. The van der Waals surface area contributed by atoms with Crippen molar-refractivity contribution in [1.82, 2.24) is 13.9 Å². The Morgan fingerprint density at radius 2 is 1.89 bits per heavy atom. The van der Waals surface area contributed by atoms with Crippen molar-refractivity contribution in [3.63, 3.8) is 0 Å². The number of rotatable bonds is 4. The first kappa shape index (κ1) is 14.2. The van der Waals surface area contributed by atoms with Crippen LogP contribution in [-0.4, -0.2) is 62.4 Å². The minimum absolute atomic E-state index is 0.323. The van der Waals surface area contributed by atoms with Crippen molar-refractivity contribution >= 4 is 10.2 Å². The van der Waals surface area contributed by atoms with Crippen molar-refractivity contribution < 1.29 is 8.42 Å². The third kappa shape index (κ3) is 3.21. The van der Waals surface area contributed by atoms with Gasteiger partial charge in [-0.15, -0.1) is 0 Å². The highest BCUT2D eigenvalue weighted by Gasteiger charge is 2.34. The Kier molecular flexibility index (Phi) is 4.60. The van der Waals surface area contributed by atoms with Gasteiger partial charge < -0.3 is 5.73 Å². The summed E-state index contributed by atoms with van der Waals surface area (Å²) in [6.07, 6.45) is 2.98. The van der Waals surface area contributed by atoms with E-state index in [0.717, 1.165) is 32.4 Å². The first-order valence-electron chi connectivity index (χ1n) is 6.77. The van der Waals surface area contributed by atoms with Gasteiger partial charge in [0.2, 0.25) is 0 Å². The molecule has 106 valence electrons. The molecule has 0 amide bonds. The van der Waals surface area contributed by atoms with Gasteiger partial charge in [-0.2, -0.15) is 12.7 Å². The predicted molar refractivity (Wildman–Crippen MR) is 71.4 cm³/mol. The fourth-order valence-electron chi connectivity index (χ4n) is 2.79. The van der Waals surface area contributed by atoms with E-state index in [0.29, 0.717) is 31.7 Å². The zero-order valence-electron chi connectivity index (χ0n) is 11.0. The Hall–Kier alpha value is -0.210. The zero-order valence-corrected chi connectivity index (χ0v) is 11.8. The van der Waals surface area contributed by atoms with Crippen molar-refractivity contribution in [1.29, 1.82) is 0 Å². The molecule has 2 saturated heterocycles. The van der Waals surface area contributed by atoms with Gasteiger partial charge >= 0.3 is 0 Å². The molecule has 7 heteroatoms. The van der Waals surface area contributed by atoms with Crippen molar-refractivity contribution in [3.8, 4) is 0 Å². The quantitative estimate of drug-likeness (QED) is 0.714. The second-order valence-corrected chi connectivity index (χ2v) is 6.93. The molecule has 1 unspecified atom stereocenters. The van der Waals surface area contributed by atoms with Crippen LogP contribution in [0.3, 0.4) is 0 Å². The molecule has 3 N–H and O–H groups in total. The summed E-state index contributed by atoms with van der Waals surface area (Å²) in [7, 11) is -3.26. The van der Waals surface area contributed by atoms with E-state index >= 15 is 0 Å². The van der Waals surface area contributed by atoms with Crippen LogP contribution >= 0.6 is 0 Å². The molecule has 2 rings (SSSR count). The molecule has 0 aromatic heterocycles. The Morgan fingerprint density at radius 3 is 2.50 bits per heavy atom. The maximum absolute atomic E-state index is 11.9. The minimum atomic E-state index is -3.26. The van der Waals surface area contributed by atoms with Crippen LogP contribution in [0.2, 0.25) is 0 Å². The van der Waals surface area contributed by atoms with E-state index in [4.69, 9.17) is 5.73 Å². The number of nitrogens with two attached hydrogens (primary N) is 1. The van der Waals surface area contributed by atoms with Crippen molar-refractivity contribution in [2.45, 2.75) is 38.3 Å². The highest BCUT2D eigenvalue weighted by molar-refractivity contribution is 7.87. The summed E-state index contributed by atoms with van der Waals surface area (Å²) in [4.78, 5) is 2.39. The van der Waals surface area contributed by atoms with Gasteiger partial charge in [0, 0.05) is 31.7 Å². The average Bonchev–Trinajstić information content (AvgIpc) is 2.80. The zero-order chi connectivity index (χ0) is 13.2. The topological polar surface area (TPSA) is 78.7 Å². The van der Waals surface area contributed by atoms with Gasteiger partial charge in [-0.3, -0.25) is 4.90 Å². The van der Waals surface area contributed by atoms with Crippen molar-refractivity contribution in [2.24, 2.45) is 5.73 Å². The summed E-state index contributed by atoms with van der Waals surface area (Å²) in [6, 6.07) is 0.690. The molecule has 1 atom stereocenters. The third-order valence-corrected chi connectivity index (χ3v) is 5.55. The second-order valence-electron chi connectivity index (χ2n) is 5.18. The van der Waals surface area contributed by atoms with Crippen molar-refractivity contribution in [3.05, 3.63) is 0 Å². The van der Waals surface area contributed by atoms with Gasteiger partial charge in [0.05, 0.1) is 0 Å². The number of hydrogen-bond donors (Lipinski definition) is 2. The molecule has 2 aliphatic heterocycles. The Balaban J connectivity index is 1.88. The molecule has 2 fully saturated rings. The number of hydrogen-bond acceptors (Lipinski definition) is 4. The number of likely N-dealkylation sites (tertiary alicyclic amines) is 1. The fraction of sp³-hybridized carbons (Fsp3) is 1.00. The average molecular weight is 276 g/mol. The first-order valence-corrected chi connectivity index (χ1v) is 8.21. The van der Waals surface area contributed by atoms with E-state index in [1.54, 1.807) is 11.2 Å². The van der Waals surface area contributed by atoms with E-state index in [9.17, 15) is 8.42 Å². The normalized spacial score (nSPS) is 28.9. The van der Waals surface area contributed by atoms with E-state index in [1.165, 1.54) is 0 Å². The van der Waals surface area contributed by atoms with Crippen LogP contribution in [0.4, 0.5) is 0 Å². The second kappa shape index (κ2) is 5.83. The summed E-state index contributed by atoms with van der Waals surface area (Å²) < 4.78 is 27.9. The molecule has 0 spiro atoms. The maximum Gasteiger partial charge on any atom is 0.279 e. The third-order valence-electron chi connectivity index (χ3n) is 3.88. The van der Waals surface area contributed by atoms with Gasteiger partial charge in [0.1, 0.15) is 0 Å². The van der Waals surface area contributed by atoms with Crippen LogP contribution < -0.4 is 10.5 Å². The van der Waals surface area contributed by atoms with Crippen LogP contribution in [0.15, 0.2) is 0 Å². The van der Waals surface area contributed by atoms with Crippen LogP contribution in [0.1, 0.15) is 26.2 Å². The van der Waals surface area contributed by atoms with Crippen LogP contribution in [0, 0.1) is 0 Å². The maximum atomic E-state index is 11.9. The summed E-state index contributed by atoms with van der Waals surface area (Å²) in [5, 5.41) is 0. The molecule has 0 bridgehead atoms. The van der Waals surface area contributed by atoms with Gasteiger partial charge in [-0.1, -0.05) is 6.92 Å². The van der Waals surface area contributed by atoms with Crippen LogP contribution in [-0.2, 0) is 10.2 Å². The molecule has 0 aromatic carbocycles. The van der Waals surface area contributed by atoms with Gasteiger partial charge in [0.15, 0.2) is 0 Å². The van der Waals surface area contributed by atoms with Gasteiger partial charge in [-0.25, -0.2) is 4.72 Å². The summed E-state index contributed by atoms with van der Waals surface area (Å²) >= 11 is 0. The smallest absolute Gasteiger partial charge is 0.279 e. The highest BCUT2D eigenvalue weighted by atomic mass is 32.2. The predicted octanol–water partition coefficient (Wildman–Crippen LogP) is -0.662. The molecule has 0 aliphatic carbocycles. The van der Waals surface area contributed by atoms with Crippen molar-refractivity contribution in [2.75, 3.05) is 32.7 Å². The van der Waals surface area contributed by atoms with E-state index in [-0.39, 0.29) is 0 Å². The summed E-state index contributed by atoms with van der Waals surface area (Å²) in [5.41, 5.74) is 5.89. The van der Waals surface area contributed by atoms with E-state index in [1.807, 2.05) is 0 Å². The first-order chi connectivity index (χ1) is 8.53. The van der Waals surface area contributed by atoms with Crippen LogP contribution in [0.5, 0.6) is 0 Å². The van der Waals surface area contributed by atoms with Gasteiger partial charge in [0.25, 0.3) is 10.2 Å². The Bertz CT molecular complexity index is 365. The molecular weight excluding hydrogens is 252 g/mol. The standard InChI is InChI=1S/C11H24N4O2S/c1-2-13-18(16,17)15-8-5-11(9-15)14-6-3-10(12)4-7-14/h10-11,13H,2-9,12H2,1H3. The fourth-order valence-corrected chi connectivity index (χ4v) is 4.05. The molecule has 2 aliphatic rings. The Labute approximate surface area is 110 Å². The Morgan fingerprint density at radius 1 is 1.22 bits per heavy atom. The molecule has 18 heavy (non-hydrogen) atoms. The number of nitrogens with one attached hydrogen (secondary N) is 1. The van der Waals surface area contributed by atoms with E-state index < -0.39 is 10.2 Å². The van der Waals surface area contributed by atoms with Crippen LogP contribution in [0.25, 0.3) is 0 Å². The monoisotopic (exact) mass is 276 g/mol. The molecule has 6 nitrogen and oxygen atoms in total. The summed E-state index contributed by atoms with van der Waals surface area (Å²) in [5.74, 6) is 0. The summed E-state index contributed by atoms with van der Waals surface area (Å²) in [6.45, 7) is 5.49. The highest BCUT2D eigenvalue weighted by Crippen LogP contribution is 2.21. The largest absolute Gasteiger partial charge is 0.328 e. The molecule has 0 saturated carbocycles. The van der Waals surface area contributed by atoms with Gasteiger partial charge in [-0.05, 0) is 32.4 Å². The lowest BCUT2D eigenvalue weighted by Crippen LogP contribution is -2.47.